The number of hydrogen-bond acceptors (Lipinski definition) is 4. The zero-order valence-corrected chi connectivity index (χ0v) is 12.6. The van der Waals surface area contributed by atoms with Gasteiger partial charge in [-0.15, -0.1) is 0 Å². The summed E-state index contributed by atoms with van der Waals surface area (Å²) in [7, 11) is 4.14. The smallest absolute Gasteiger partial charge is 0.172 e. The maximum Gasteiger partial charge on any atom is 0.172 e. The average molecular weight is 297 g/mol. The van der Waals surface area contributed by atoms with Crippen molar-refractivity contribution in [1.82, 2.24) is 4.90 Å². The highest BCUT2D eigenvalue weighted by molar-refractivity contribution is 6.31. The first-order valence-electron chi connectivity index (χ1n) is 6.71. The van der Waals surface area contributed by atoms with Crippen LogP contribution in [-0.4, -0.2) is 49.2 Å². The summed E-state index contributed by atoms with van der Waals surface area (Å²) < 4.78 is 0. The molecule has 1 fully saturated rings. The van der Waals surface area contributed by atoms with Crippen molar-refractivity contribution in [2.24, 2.45) is 10.9 Å². The summed E-state index contributed by atoms with van der Waals surface area (Å²) in [5.41, 5.74) is 7.45. The van der Waals surface area contributed by atoms with Gasteiger partial charge in [0.05, 0.1) is 0 Å². The number of hydrogen-bond donors (Lipinski definition) is 2. The molecule has 3 N–H and O–H groups in total. The molecule has 1 unspecified atom stereocenters. The second-order valence-corrected chi connectivity index (χ2v) is 5.83. The van der Waals surface area contributed by atoms with Crippen LogP contribution in [0, 0.1) is 0 Å². The third-order valence-electron chi connectivity index (χ3n) is 3.60. The summed E-state index contributed by atoms with van der Waals surface area (Å²) in [6, 6.07) is 5.98. The lowest BCUT2D eigenvalue weighted by molar-refractivity contribution is 0.318. The first-order valence-corrected chi connectivity index (χ1v) is 7.09. The van der Waals surface area contributed by atoms with Gasteiger partial charge < -0.3 is 20.7 Å². The van der Waals surface area contributed by atoms with E-state index in [9.17, 15) is 0 Å². The lowest BCUT2D eigenvalue weighted by atomic mass is 10.1. The third kappa shape index (κ3) is 3.16. The Kier molecular flexibility index (Phi) is 4.73. The fourth-order valence-electron chi connectivity index (χ4n) is 2.78. The van der Waals surface area contributed by atoms with Gasteiger partial charge in [-0.25, -0.2) is 0 Å². The van der Waals surface area contributed by atoms with Crippen molar-refractivity contribution < 1.29 is 5.21 Å². The van der Waals surface area contributed by atoms with E-state index in [1.165, 1.54) is 0 Å². The number of halogens is 1. The van der Waals surface area contributed by atoms with Crippen molar-refractivity contribution in [3.05, 3.63) is 28.8 Å². The number of oxime groups is 1. The number of benzene rings is 1. The maximum absolute atomic E-state index is 8.95. The second-order valence-electron chi connectivity index (χ2n) is 5.40. The molecule has 0 aromatic heterocycles. The lowest BCUT2D eigenvalue weighted by Gasteiger charge is -2.30. The topological polar surface area (TPSA) is 65.1 Å². The van der Waals surface area contributed by atoms with E-state index in [2.05, 4.69) is 29.1 Å². The van der Waals surface area contributed by atoms with Crippen molar-refractivity contribution in [3.8, 4) is 0 Å². The van der Waals surface area contributed by atoms with E-state index in [1.54, 1.807) is 6.07 Å². The van der Waals surface area contributed by atoms with Crippen molar-refractivity contribution in [2.75, 3.05) is 32.1 Å². The normalized spacial score (nSPS) is 19.9. The van der Waals surface area contributed by atoms with E-state index in [0.717, 1.165) is 31.6 Å². The third-order valence-corrected chi connectivity index (χ3v) is 3.84. The van der Waals surface area contributed by atoms with Gasteiger partial charge in [0.25, 0.3) is 0 Å². The molecule has 1 aliphatic heterocycles. The summed E-state index contributed by atoms with van der Waals surface area (Å²) >= 11 is 6.03. The highest BCUT2D eigenvalue weighted by Crippen LogP contribution is 2.30. The van der Waals surface area contributed by atoms with Gasteiger partial charge in [-0.3, -0.25) is 0 Å². The zero-order valence-electron chi connectivity index (χ0n) is 11.9. The molecule has 0 saturated carbocycles. The Bertz CT molecular complexity index is 504. The van der Waals surface area contributed by atoms with Crippen LogP contribution in [0.2, 0.25) is 5.02 Å². The quantitative estimate of drug-likeness (QED) is 0.386. The van der Waals surface area contributed by atoms with Crippen LogP contribution in [0.1, 0.15) is 18.4 Å². The van der Waals surface area contributed by atoms with Crippen LogP contribution in [-0.2, 0) is 0 Å². The van der Waals surface area contributed by atoms with Crippen molar-refractivity contribution in [1.29, 1.82) is 0 Å². The van der Waals surface area contributed by atoms with E-state index in [-0.39, 0.29) is 5.84 Å². The zero-order chi connectivity index (χ0) is 14.7. The minimum Gasteiger partial charge on any atom is -0.409 e. The predicted octanol–water partition coefficient (Wildman–Crippen LogP) is 1.96. The van der Waals surface area contributed by atoms with Gasteiger partial charge in [0, 0.05) is 35.4 Å². The molecular formula is C14H21ClN4O. The molecule has 1 aromatic carbocycles. The summed E-state index contributed by atoms with van der Waals surface area (Å²) in [4.78, 5) is 4.51. The summed E-state index contributed by atoms with van der Waals surface area (Å²) in [6.07, 6.45) is 2.30. The number of nitrogens with zero attached hydrogens (tertiary/aromatic N) is 3. The number of rotatable bonds is 4. The first-order chi connectivity index (χ1) is 9.52. The average Bonchev–Trinajstić information content (AvgIpc) is 2.85. The molecule has 6 heteroatoms. The number of amidine groups is 1. The molecule has 0 aliphatic carbocycles. The van der Waals surface area contributed by atoms with E-state index in [0.29, 0.717) is 16.6 Å². The molecule has 1 saturated heterocycles. The van der Waals surface area contributed by atoms with Gasteiger partial charge in [0.1, 0.15) is 0 Å². The molecule has 0 spiro atoms. The molecular weight excluding hydrogens is 276 g/mol. The molecule has 0 radical (unpaired) electrons. The van der Waals surface area contributed by atoms with Crippen molar-refractivity contribution in [2.45, 2.75) is 18.9 Å². The molecule has 110 valence electrons. The summed E-state index contributed by atoms with van der Waals surface area (Å²) in [5, 5.41) is 12.6. The van der Waals surface area contributed by atoms with Gasteiger partial charge in [-0.1, -0.05) is 16.8 Å². The highest BCUT2D eigenvalue weighted by atomic mass is 35.5. The van der Waals surface area contributed by atoms with E-state index in [4.69, 9.17) is 22.5 Å². The standard InChI is InChI=1S/C14H21ClN4O/c1-18(2)9-11-4-3-7-19(11)13-6-5-10(15)8-12(13)14(16)17-20/h5-6,8,11,20H,3-4,7,9H2,1-2H3,(H2,16,17). The minimum absolute atomic E-state index is 0.0954. The van der Waals surface area contributed by atoms with Crippen LogP contribution in [0.3, 0.4) is 0 Å². The van der Waals surface area contributed by atoms with E-state index < -0.39 is 0 Å². The van der Waals surface area contributed by atoms with Gasteiger partial charge in [0.15, 0.2) is 5.84 Å². The van der Waals surface area contributed by atoms with Crippen LogP contribution in [0.25, 0.3) is 0 Å². The van der Waals surface area contributed by atoms with Crippen LogP contribution >= 0.6 is 11.6 Å². The van der Waals surface area contributed by atoms with Gasteiger partial charge in [-0.05, 0) is 45.1 Å². The molecule has 2 rings (SSSR count). The Morgan fingerprint density at radius 3 is 2.95 bits per heavy atom. The van der Waals surface area contributed by atoms with Crippen LogP contribution in [0.15, 0.2) is 23.4 Å². The fraction of sp³-hybridized carbons (Fsp3) is 0.500. The Morgan fingerprint density at radius 2 is 2.30 bits per heavy atom. The van der Waals surface area contributed by atoms with Crippen LogP contribution < -0.4 is 10.6 Å². The molecule has 0 amide bonds. The van der Waals surface area contributed by atoms with Crippen LogP contribution in [0.4, 0.5) is 5.69 Å². The maximum atomic E-state index is 8.95. The van der Waals surface area contributed by atoms with Gasteiger partial charge >= 0.3 is 0 Å². The van der Waals surface area contributed by atoms with Gasteiger partial charge in [0.2, 0.25) is 0 Å². The lowest BCUT2D eigenvalue weighted by Crippen LogP contribution is -2.38. The Morgan fingerprint density at radius 1 is 1.55 bits per heavy atom. The second kappa shape index (κ2) is 6.33. The molecule has 1 aromatic rings. The fourth-order valence-corrected chi connectivity index (χ4v) is 2.95. The van der Waals surface area contributed by atoms with E-state index >= 15 is 0 Å². The SMILES string of the molecule is CN(C)CC1CCCN1c1ccc(Cl)cc1C(N)=NO. The van der Waals surface area contributed by atoms with Crippen molar-refractivity contribution in [3.63, 3.8) is 0 Å². The molecule has 1 atom stereocenters. The van der Waals surface area contributed by atoms with Crippen LogP contribution in [0.5, 0.6) is 0 Å². The number of anilines is 1. The number of likely N-dealkylation sites (N-methyl/N-ethyl adjacent to an activating group) is 1. The molecule has 1 aliphatic rings. The Hall–Kier alpha value is -1.46. The molecule has 1 heterocycles. The van der Waals surface area contributed by atoms with Crippen molar-refractivity contribution >= 4 is 23.1 Å². The highest BCUT2D eigenvalue weighted by Gasteiger charge is 2.27. The summed E-state index contributed by atoms with van der Waals surface area (Å²) in [5.74, 6) is 0.0954. The Labute approximate surface area is 124 Å². The summed E-state index contributed by atoms with van der Waals surface area (Å²) in [6.45, 7) is 1.96. The molecule has 5 nitrogen and oxygen atoms in total. The van der Waals surface area contributed by atoms with E-state index in [1.807, 2.05) is 12.1 Å². The predicted molar refractivity (Wildman–Crippen MR) is 82.9 cm³/mol. The first kappa shape index (κ1) is 14.9. The monoisotopic (exact) mass is 296 g/mol. The largest absolute Gasteiger partial charge is 0.409 e. The molecule has 20 heavy (non-hydrogen) atoms. The number of nitrogens with two attached hydrogens (primary N) is 1. The Balaban J connectivity index is 2.36. The van der Waals surface area contributed by atoms with Gasteiger partial charge in [-0.2, -0.15) is 0 Å². The molecule has 0 bridgehead atoms. The minimum atomic E-state index is 0.0954.